The van der Waals surface area contributed by atoms with Crippen molar-refractivity contribution in [3.8, 4) is 0 Å². The molecular formula is C27H36N2O2. The predicted octanol–water partition coefficient (Wildman–Crippen LogP) is 5.02. The minimum atomic E-state index is -0.514. The lowest BCUT2D eigenvalue weighted by molar-refractivity contribution is -0.140. The first-order chi connectivity index (χ1) is 14.8. The average molecular weight is 421 g/mol. The molecule has 2 aromatic carbocycles. The van der Waals surface area contributed by atoms with Crippen molar-refractivity contribution in [3.05, 3.63) is 70.3 Å². The summed E-state index contributed by atoms with van der Waals surface area (Å²) < 4.78 is 0. The highest BCUT2D eigenvalue weighted by atomic mass is 16.2. The first-order valence-electron chi connectivity index (χ1n) is 11.5. The van der Waals surface area contributed by atoms with Gasteiger partial charge in [0.1, 0.15) is 6.04 Å². The van der Waals surface area contributed by atoms with Crippen LogP contribution in [0.1, 0.15) is 66.8 Å². The Hall–Kier alpha value is -2.62. The zero-order chi connectivity index (χ0) is 22.4. The lowest BCUT2D eigenvalue weighted by Crippen LogP contribution is -2.50. The number of amides is 2. The first-order valence-corrected chi connectivity index (χ1v) is 11.5. The molecule has 1 aliphatic rings. The highest BCUT2D eigenvalue weighted by Crippen LogP contribution is 2.19. The molecule has 4 heteroatoms. The van der Waals surface area contributed by atoms with Crippen LogP contribution >= 0.6 is 0 Å². The van der Waals surface area contributed by atoms with Gasteiger partial charge < -0.3 is 10.2 Å². The smallest absolute Gasteiger partial charge is 0.242 e. The van der Waals surface area contributed by atoms with Crippen LogP contribution in [-0.2, 0) is 22.6 Å². The molecule has 31 heavy (non-hydrogen) atoms. The Bertz CT molecular complexity index is 915. The molecule has 1 aliphatic carbocycles. The van der Waals surface area contributed by atoms with Gasteiger partial charge in [0.05, 0.1) is 6.42 Å². The van der Waals surface area contributed by atoms with Crippen LogP contribution in [0.2, 0.25) is 0 Å². The molecule has 1 N–H and O–H groups in total. The van der Waals surface area contributed by atoms with Crippen LogP contribution in [0.25, 0.3) is 0 Å². The van der Waals surface area contributed by atoms with Crippen molar-refractivity contribution in [1.29, 1.82) is 0 Å². The molecule has 0 heterocycles. The van der Waals surface area contributed by atoms with E-state index in [0.717, 1.165) is 53.5 Å². The van der Waals surface area contributed by atoms with Crippen LogP contribution in [0.4, 0.5) is 0 Å². The Kier molecular flexibility index (Phi) is 7.89. The van der Waals surface area contributed by atoms with E-state index in [2.05, 4.69) is 29.6 Å². The van der Waals surface area contributed by atoms with Crippen molar-refractivity contribution in [1.82, 2.24) is 10.2 Å². The molecular weight excluding hydrogens is 384 g/mol. The van der Waals surface area contributed by atoms with E-state index >= 15 is 0 Å². The van der Waals surface area contributed by atoms with Crippen LogP contribution in [-0.4, -0.2) is 28.8 Å². The molecule has 0 aromatic heterocycles. The van der Waals surface area contributed by atoms with E-state index in [1.807, 2.05) is 45.9 Å². The van der Waals surface area contributed by atoms with Crippen molar-refractivity contribution in [2.75, 3.05) is 0 Å². The Morgan fingerprint density at radius 3 is 2.42 bits per heavy atom. The van der Waals surface area contributed by atoms with Crippen LogP contribution in [0.5, 0.6) is 0 Å². The van der Waals surface area contributed by atoms with Crippen LogP contribution in [0.3, 0.4) is 0 Å². The van der Waals surface area contributed by atoms with Crippen molar-refractivity contribution in [3.63, 3.8) is 0 Å². The number of nitrogens with one attached hydrogen (secondary N) is 1. The summed E-state index contributed by atoms with van der Waals surface area (Å²) in [4.78, 5) is 28.3. The standard InChI is InChI=1S/C27H36N2O2/c1-19-9-8-10-23(15-19)18-29(22(4)27(31)28-25-11-6-5-7-12-25)26(30)17-24-16-20(2)13-14-21(24)3/h8-10,13-16,22,25H,5-7,11-12,17-18H2,1-4H3,(H,28,31). The fourth-order valence-corrected chi connectivity index (χ4v) is 4.41. The second kappa shape index (κ2) is 10.6. The number of rotatable bonds is 7. The fourth-order valence-electron chi connectivity index (χ4n) is 4.41. The van der Waals surface area contributed by atoms with E-state index in [1.165, 1.54) is 6.42 Å². The van der Waals surface area contributed by atoms with Gasteiger partial charge in [0.2, 0.25) is 11.8 Å². The van der Waals surface area contributed by atoms with Gasteiger partial charge >= 0.3 is 0 Å². The molecule has 1 unspecified atom stereocenters. The van der Waals surface area contributed by atoms with Gasteiger partial charge in [-0.3, -0.25) is 9.59 Å². The number of hydrogen-bond acceptors (Lipinski definition) is 2. The molecule has 0 radical (unpaired) electrons. The largest absolute Gasteiger partial charge is 0.352 e. The van der Waals surface area contributed by atoms with E-state index in [0.29, 0.717) is 13.0 Å². The summed E-state index contributed by atoms with van der Waals surface area (Å²) in [5.41, 5.74) is 5.47. The van der Waals surface area contributed by atoms with E-state index in [4.69, 9.17) is 0 Å². The number of hydrogen-bond donors (Lipinski definition) is 1. The zero-order valence-electron chi connectivity index (χ0n) is 19.4. The fraction of sp³-hybridized carbons (Fsp3) is 0.481. The number of nitrogens with zero attached hydrogens (tertiary/aromatic N) is 1. The molecule has 0 aliphatic heterocycles. The molecule has 1 saturated carbocycles. The van der Waals surface area contributed by atoms with Gasteiger partial charge in [-0.05, 0) is 57.2 Å². The number of carbonyl (C=O) groups excluding carboxylic acids is 2. The molecule has 2 aromatic rings. The number of carbonyl (C=O) groups is 2. The van der Waals surface area contributed by atoms with Gasteiger partial charge in [0.15, 0.2) is 0 Å². The molecule has 0 spiro atoms. The van der Waals surface area contributed by atoms with E-state index in [1.54, 1.807) is 4.90 Å². The van der Waals surface area contributed by atoms with Crippen molar-refractivity contribution in [2.45, 2.75) is 84.8 Å². The molecule has 0 saturated heterocycles. The SMILES string of the molecule is Cc1cccc(CN(C(=O)Cc2cc(C)ccc2C)C(C)C(=O)NC2CCCCC2)c1. The molecule has 1 atom stereocenters. The van der Waals surface area contributed by atoms with E-state index in [-0.39, 0.29) is 17.9 Å². The van der Waals surface area contributed by atoms with Crippen LogP contribution in [0.15, 0.2) is 42.5 Å². The Morgan fingerprint density at radius 1 is 1.00 bits per heavy atom. The summed E-state index contributed by atoms with van der Waals surface area (Å²) in [6.45, 7) is 8.41. The van der Waals surface area contributed by atoms with Gasteiger partial charge in [0, 0.05) is 12.6 Å². The molecule has 166 valence electrons. The maximum atomic E-state index is 13.4. The minimum absolute atomic E-state index is 0.0125. The maximum absolute atomic E-state index is 13.4. The Labute approximate surface area is 187 Å². The van der Waals surface area contributed by atoms with Gasteiger partial charge in [-0.15, -0.1) is 0 Å². The highest BCUT2D eigenvalue weighted by Gasteiger charge is 2.28. The van der Waals surface area contributed by atoms with Crippen molar-refractivity contribution in [2.24, 2.45) is 0 Å². The quantitative estimate of drug-likeness (QED) is 0.684. The third kappa shape index (κ3) is 6.43. The number of benzene rings is 2. The van der Waals surface area contributed by atoms with E-state index in [9.17, 15) is 9.59 Å². The summed E-state index contributed by atoms with van der Waals surface area (Å²) in [5.74, 6) is -0.0598. The maximum Gasteiger partial charge on any atom is 0.242 e. The van der Waals surface area contributed by atoms with Crippen LogP contribution in [0, 0.1) is 20.8 Å². The molecule has 2 amide bonds. The van der Waals surface area contributed by atoms with Crippen molar-refractivity contribution >= 4 is 11.8 Å². The Morgan fingerprint density at radius 2 is 1.71 bits per heavy atom. The molecule has 0 bridgehead atoms. The summed E-state index contributed by atoms with van der Waals surface area (Å²) in [5, 5.41) is 3.20. The summed E-state index contributed by atoms with van der Waals surface area (Å²) in [6, 6.07) is 14.1. The Balaban J connectivity index is 1.79. The first kappa shape index (κ1) is 23.1. The second-order valence-electron chi connectivity index (χ2n) is 9.14. The van der Waals surface area contributed by atoms with Gasteiger partial charge in [0.25, 0.3) is 0 Å². The topological polar surface area (TPSA) is 49.4 Å². The van der Waals surface area contributed by atoms with Crippen LogP contribution < -0.4 is 5.32 Å². The lowest BCUT2D eigenvalue weighted by atomic mass is 9.95. The van der Waals surface area contributed by atoms with E-state index < -0.39 is 6.04 Å². The van der Waals surface area contributed by atoms with Gasteiger partial charge in [-0.25, -0.2) is 0 Å². The highest BCUT2D eigenvalue weighted by molar-refractivity contribution is 5.88. The second-order valence-corrected chi connectivity index (χ2v) is 9.14. The molecule has 3 rings (SSSR count). The third-order valence-electron chi connectivity index (χ3n) is 6.40. The summed E-state index contributed by atoms with van der Waals surface area (Å²) in [6.07, 6.45) is 5.95. The molecule has 4 nitrogen and oxygen atoms in total. The minimum Gasteiger partial charge on any atom is -0.352 e. The monoisotopic (exact) mass is 420 g/mol. The summed E-state index contributed by atoms with van der Waals surface area (Å²) in [7, 11) is 0. The predicted molar refractivity (Wildman–Crippen MR) is 126 cm³/mol. The normalized spacial score (nSPS) is 15.4. The zero-order valence-corrected chi connectivity index (χ0v) is 19.4. The summed E-state index contributed by atoms with van der Waals surface area (Å²) >= 11 is 0. The lowest BCUT2D eigenvalue weighted by Gasteiger charge is -2.31. The average Bonchev–Trinajstić information content (AvgIpc) is 2.75. The third-order valence-corrected chi connectivity index (χ3v) is 6.40. The molecule has 1 fully saturated rings. The van der Waals surface area contributed by atoms with Gasteiger partial charge in [-0.2, -0.15) is 0 Å². The van der Waals surface area contributed by atoms with Gasteiger partial charge in [-0.1, -0.05) is 72.9 Å². The number of aryl methyl sites for hydroxylation is 3. The van der Waals surface area contributed by atoms with Crippen molar-refractivity contribution < 1.29 is 9.59 Å².